The third-order valence-electron chi connectivity index (χ3n) is 1.02. The molecule has 0 bridgehead atoms. The molecule has 0 fully saturated rings. The summed E-state index contributed by atoms with van der Waals surface area (Å²) in [6.45, 7) is 0. The molecule has 0 aliphatic heterocycles. The molecule has 2 nitrogen and oxygen atoms in total. The predicted octanol–water partition coefficient (Wildman–Crippen LogP) is 1.40. The Bertz CT molecular complexity index is 232. The van der Waals surface area contributed by atoms with Crippen molar-refractivity contribution in [1.29, 1.82) is 0 Å². The van der Waals surface area contributed by atoms with Crippen molar-refractivity contribution in [3.63, 3.8) is 0 Å². The van der Waals surface area contributed by atoms with Gasteiger partial charge in [0.15, 0.2) is 0 Å². The van der Waals surface area contributed by atoms with E-state index in [9.17, 15) is 0 Å². The van der Waals surface area contributed by atoms with Gasteiger partial charge in [-0.25, -0.2) is 4.52 Å². The summed E-state index contributed by atoms with van der Waals surface area (Å²) in [6, 6.07) is 1.99. The zero-order valence-electron chi connectivity index (χ0n) is 4.11. The topological polar surface area (TPSA) is 17.3 Å². The lowest BCUT2D eigenvalue weighted by molar-refractivity contribution is 0.978. The van der Waals surface area contributed by atoms with E-state index in [1.165, 1.54) is 4.83 Å². The molecule has 3 heteroatoms. The highest BCUT2D eigenvalue weighted by Crippen LogP contribution is 2.07. The number of nitrogens with zero attached hydrogens (tertiary/aromatic N) is 2. The van der Waals surface area contributed by atoms with Crippen molar-refractivity contribution in [2.24, 2.45) is 0 Å². The third kappa shape index (κ3) is 0.391. The van der Waals surface area contributed by atoms with E-state index in [-0.39, 0.29) is 0 Å². The van der Waals surface area contributed by atoms with Crippen molar-refractivity contribution in [3.05, 3.63) is 23.8 Å². The Morgan fingerprint density at radius 1 is 1.62 bits per heavy atom. The summed E-state index contributed by atoms with van der Waals surface area (Å²) >= 11 is 1.69. The molecule has 0 unspecified atom stereocenters. The van der Waals surface area contributed by atoms with Gasteiger partial charge >= 0.3 is 0 Å². The Morgan fingerprint density at radius 2 is 2.62 bits per heavy atom. The lowest BCUT2D eigenvalue weighted by Crippen LogP contribution is -1.73. The van der Waals surface area contributed by atoms with Crippen LogP contribution in [0.2, 0.25) is 0 Å². The molecule has 0 saturated carbocycles. The molecule has 0 N–H and O–H groups in total. The molecule has 0 atom stereocenters. The summed E-state index contributed by atoms with van der Waals surface area (Å²) in [7, 11) is 0. The average molecular weight is 124 g/mol. The summed E-state index contributed by atoms with van der Waals surface area (Å²) < 4.78 is 1.85. The van der Waals surface area contributed by atoms with Crippen molar-refractivity contribution in [2.45, 2.75) is 0 Å². The zero-order valence-corrected chi connectivity index (χ0v) is 4.93. The monoisotopic (exact) mass is 124 g/mol. The van der Waals surface area contributed by atoms with Crippen LogP contribution in [-0.4, -0.2) is 9.61 Å². The molecule has 0 radical (unpaired) electrons. The van der Waals surface area contributed by atoms with Gasteiger partial charge in [0.2, 0.25) is 0 Å². The normalized spacial score (nSPS) is 10.5. The fourth-order valence-corrected chi connectivity index (χ4v) is 1.34. The Kier molecular flexibility index (Phi) is 0.676. The molecule has 8 heavy (non-hydrogen) atoms. The SMILES string of the molecule is c1cc2sccn2n1. The van der Waals surface area contributed by atoms with Gasteiger partial charge in [-0.05, 0) is 6.07 Å². The predicted molar refractivity (Wildman–Crippen MR) is 33.1 cm³/mol. The van der Waals surface area contributed by atoms with E-state index < -0.39 is 0 Å². The van der Waals surface area contributed by atoms with Crippen LogP contribution in [0.3, 0.4) is 0 Å². The Labute approximate surface area is 50.4 Å². The van der Waals surface area contributed by atoms with E-state index in [4.69, 9.17) is 0 Å². The lowest BCUT2D eigenvalue weighted by atomic mass is 10.8. The minimum absolute atomic E-state index is 1.20. The van der Waals surface area contributed by atoms with Crippen molar-refractivity contribution < 1.29 is 0 Å². The molecular formula is C5H4N2S. The maximum absolute atomic E-state index is 4.01. The molecule has 0 spiro atoms. The number of fused-ring (bicyclic) bond motifs is 1. The molecule has 0 amide bonds. The lowest BCUT2D eigenvalue weighted by Gasteiger charge is -1.72. The fourth-order valence-electron chi connectivity index (χ4n) is 0.665. The summed E-state index contributed by atoms with van der Waals surface area (Å²) in [5.41, 5.74) is 0. The highest BCUT2D eigenvalue weighted by molar-refractivity contribution is 7.15. The van der Waals surface area contributed by atoms with Gasteiger partial charge in [-0.2, -0.15) is 5.10 Å². The number of hydrogen-bond acceptors (Lipinski definition) is 2. The molecule has 2 aromatic heterocycles. The van der Waals surface area contributed by atoms with Crippen molar-refractivity contribution in [3.8, 4) is 0 Å². The molecule has 2 heterocycles. The van der Waals surface area contributed by atoms with E-state index in [0.717, 1.165) is 0 Å². The van der Waals surface area contributed by atoms with Crippen LogP contribution in [0.5, 0.6) is 0 Å². The van der Waals surface area contributed by atoms with Crippen LogP contribution in [-0.2, 0) is 0 Å². The van der Waals surface area contributed by atoms with Crippen molar-refractivity contribution in [1.82, 2.24) is 9.61 Å². The zero-order chi connectivity index (χ0) is 5.40. The van der Waals surface area contributed by atoms with E-state index in [0.29, 0.717) is 0 Å². The maximum Gasteiger partial charge on any atom is 0.119 e. The van der Waals surface area contributed by atoms with Crippen LogP contribution in [0.4, 0.5) is 0 Å². The number of hydrogen-bond donors (Lipinski definition) is 0. The molecule has 0 aliphatic rings. The number of thiazole rings is 1. The number of aromatic nitrogens is 2. The Morgan fingerprint density at radius 3 is 3.50 bits per heavy atom. The highest BCUT2D eigenvalue weighted by atomic mass is 32.1. The molecule has 0 aromatic carbocycles. The minimum Gasteiger partial charge on any atom is -0.230 e. The van der Waals surface area contributed by atoms with E-state index >= 15 is 0 Å². The number of rotatable bonds is 0. The molecule has 0 aliphatic carbocycles. The second-order valence-corrected chi connectivity index (χ2v) is 2.44. The standard InChI is InChI=1S/C5H4N2S/c1-2-6-7-3-4-8-5(1)7/h1-4H. The largest absolute Gasteiger partial charge is 0.230 e. The van der Waals surface area contributed by atoms with E-state index in [1.807, 2.05) is 22.2 Å². The molecule has 0 saturated heterocycles. The van der Waals surface area contributed by atoms with Crippen LogP contribution in [0.25, 0.3) is 4.83 Å². The first-order valence-corrected chi connectivity index (χ1v) is 3.21. The Balaban J connectivity index is 3.06. The summed E-state index contributed by atoms with van der Waals surface area (Å²) in [6.07, 6.45) is 3.74. The van der Waals surface area contributed by atoms with Crippen LogP contribution >= 0.6 is 11.3 Å². The molecule has 2 aromatic rings. The van der Waals surface area contributed by atoms with Gasteiger partial charge in [0.25, 0.3) is 0 Å². The van der Waals surface area contributed by atoms with Gasteiger partial charge in [0.05, 0.1) is 6.20 Å². The minimum atomic E-state index is 1.20. The second-order valence-electron chi connectivity index (χ2n) is 1.52. The van der Waals surface area contributed by atoms with Gasteiger partial charge in [-0.1, -0.05) is 0 Å². The van der Waals surface area contributed by atoms with Crippen molar-refractivity contribution >= 4 is 16.2 Å². The van der Waals surface area contributed by atoms with E-state index in [2.05, 4.69) is 5.10 Å². The first-order valence-electron chi connectivity index (χ1n) is 2.34. The van der Waals surface area contributed by atoms with Crippen LogP contribution < -0.4 is 0 Å². The van der Waals surface area contributed by atoms with Crippen LogP contribution in [0, 0.1) is 0 Å². The van der Waals surface area contributed by atoms with Crippen LogP contribution in [0.1, 0.15) is 0 Å². The first-order chi connectivity index (χ1) is 3.97. The Hall–Kier alpha value is -0.830. The highest BCUT2D eigenvalue weighted by Gasteiger charge is 1.88. The van der Waals surface area contributed by atoms with Gasteiger partial charge in [0.1, 0.15) is 4.83 Å². The van der Waals surface area contributed by atoms with Gasteiger partial charge < -0.3 is 0 Å². The second kappa shape index (κ2) is 1.32. The van der Waals surface area contributed by atoms with Crippen molar-refractivity contribution in [2.75, 3.05) is 0 Å². The van der Waals surface area contributed by atoms with Gasteiger partial charge in [0, 0.05) is 11.6 Å². The molecular weight excluding hydrogens is 120 g/mol. The van der Waals surface area contributed by atoms with Crippen LogP contribution in [0.15, 0.2) is 23.8 Å². The fraction of sp³-hybridized carbons (Fsp3) is 0. The quantitative estimate of drug-likeness (QED) is 0.519. The van der Waals surface area contributed by atoms with Gasteiger partial charge in [-0.3, -0.25) is 0 Å². The molecule has 2 rings (SSSR count). The first kappa shape index (κ1) is 4.09. The average Bonchev–Trinajstić information content (AvgIpc) is 2.15. The maximum atomic E-state index is 4.01. The van der Waals surface area contributed by atoms with E-state index in [1.54, 1.807) is 17.5 Å². The third-order valence-corrected chi connectivity index (χ3v) is 1.85. The van der Waals surface area contributed by atoms with Gasteiger partial charge in [-0.15, -0.1) is 11.3 Å². The molecule has 40 valence electrons. The smallest absolute Gasteiger partial charge is 0.119 e. The summed E-state index contributed by atoms with van der Waals surface area (Å²) in [5, 5.41) is 6.02. The summed E-state index contributed by atoms with van der Waals surface area (Å²) in [4.78, 5) is 1.20. The summed E-state index contributed by atoms with van der Waals surface area (Å²) in [5.74, 6) is 0.